The summed E-state index contributed by atoms with van der Waals surface area (Å²) in [6.07, 6.45) is 0. The normalized spacial score (nSPS) is 19.9. The molecule has 0 bridgehead atoms. The molecular formula is C22H14ClN3O5S. The van der Waals surface area contributed by atoms with Gasteiger partial charge in [0.25, 0.3) is 23.4 Å². The Kier molecular flexibility index (Phi) is 4.61. The van der Waals surface area contributed by atoms with Crippen LogP contribution in [0.25, 0.3) is 0 Å². The van der Waals surface area contributed by atoms with E-state index in [9.17, 15) is 24.5 Å². The highest BCUT2D eigenvalue weighted by molar-refractivity contribution is 7.10. The number of fused-ring (bicyclic) bond motifs is 1. The molecule has 0 saturated carbocycles. The fourth-order valence-corrected chi connectivity index (χ4v) is 5.20. The molecule has 1 saturated heterocycles. The molecule has 2 aliphatic rings. The average Bonchev–Trinajstić information content (AvgIpc) is 3.37. The lowest BCUT2D eigenvalue weighted by Crippen LogP contribution is -2.67. The van der Waals surface area contributed by atoms with E-state index < -0.39 is 40.4 Å². The number of imide groups is 1. The maximum absolute atomic E-state index is 13.3. The van der Waals surface area contributed by atoms with Crippen molar-refractivity contribution in [2.45, 2.75) is 19.0 Å². The molecule has 0 radical (unpaired) electrons. The van der Waals surface area contributed by atoms with Gasteiger partial charge in [-0.15, -0.1) is 11.3 Å². The summed E-state index contributed by atoms with van der Waals surface area (Å²) in [5.41, 5.74) is 0.587. The predicted octanol–water partition coefficient (Wildman–Crippen LogP) is 4.37. The van der Waals surface area contributed by atoms with Gasteiger partial charge in [0.15, 0.2) is 0 Å². The Hall–Kier alpha value is -3.56. The lowest BCUT2D eigenvalue weighted by molar-refractivity contribution is -0.385. The highest BCUT2D eigenvalue weighted by Gasteiger charge is 2.58. The van der Waals surface area contributed by atoms with Gasteiger partial charge in [-0.25, -0.2) is 0 Å². The summed E-state index contributed by atoms with van der Waals surface area (Å²) < 4.78 is 0. The third-order valence-corrected chi connectivity index (χ3v) is 7.09. The van der Waals surface area contributed by atoms with Crippen molar-refractivity contribution in [2.24, 2.45) is 0 Å². The average molecular weight is 468 g/mol. The minimum absolute atomic E-state index is 0.0706. The molecule has 2 aromatic carbocycles. The monoisotopic (exact) mass is 467 g/mol. The van der Waals surface area contributed by atoms with Gasteiger partial charge < -0.3 is 0 Å². The van der Waals surface area contributed by atoms with Gasteiger partial charge in [-0.05, 0) is 42.1 Å². The van der Waals surface area contributed by atoms with Crippen LogP contribution in [0.2, 0.25) is 5.02 Å². The summed E-state index contributed by atoms with van der Waals surface area (Å²) in [7, 11) is 0. The number of nitro benzene ring substituents is 1. The molecule has 1 aromatic heterocycles. The lowest BCUT2D eigenvalue weighted by Gasteiger charge is -2.49. The fourth-order valence-electron chi connectivity index (χ4n) is 4.18. The molecule has 1 fully saturated rings. The number of carbonyl (C=O) groups is 3. The van der Waals surface area contributed by atoms with E-state index in [2.05, 4.69) is 0 Å². The van der Waals surface area contributed by atoms with Crippen molar-refractivity contribution in [3.8, 4) is 0 Å². The number of anilines is 1. The van der Waals surface area contributed by atoms with Gasteiger partial charge >= 0.3 is 0 Å². The van der Waals surface area contributed by atoms with E-state index in [-0.39, 0.29) is 11.1 Å². The quantitative estimate of drug-likeness (QED) is 0.245. The molecular weight excluding hydrogens is 454 g/mol. The van der Waals surface area contributed by atoms with Crippen LogP contribution in [-0.4, -0.2) is 33.6 Å². The van der Waals surface area contributed by atoms with E-state index in [1.54, 1.807) is 18.2 Å². The summed E-state index contributed by atoms with van der Waals surface area (Å²) >= 11 is 7.65. The van der Waals surface area contributed by atoms with Crippen molar-refractivity contribution >= 4 is 52.0 Å². The zero-order chi connectivity index (χ0) is 22.7. The molecule has 3 amide bonds. The summed E-state index contributed by atoms with van der Waals surface area (Å²) in [6, 6.07) is 11.0. The largest absolute Gasteiger partial charge is 0.300 e. The maximum Gasteiger partial charge on any atom is 0.282 e. The number of rotatable bonds is 4. The number of hydrogen-bond donors (Lipinski definition) is 0. The highest BCUT2D eigenvalue weighted by Crippen LogP contribution is 2.46. The molecule has 10 heteroatoms. The van der Waals surface area contributed by atoms with Crippen LogP contribution in [0, 0.1) is 17.0 Å². The number of nitrogens with zero attached hydrogens (tertiary/aromatic N) is 3. The molecule has 160 valence electrons. The summed E-state index contributed by atoms with van der Waals surface area (Å²) in [5.74, 6) is -2.01. The number of nitro groups is 1. The molecule has 32 heavy (non-hydrogen) atoms. The second kappa shape index (κ2) is 7.25. The fraction of sp³-hybridized carbons (Fsp3) is 0.136. The number of thiophene rings is 1. The number of hydrogen-bond acceptors (Lipinski definition) is 6. The smallest absolute Gasteiger partial charge is 0.282 e. The van der Waals surface area contributed by atoms with Gasteiger partial charge in [0, 0.05) is 21.7 Å². The van der Waals surface area contributed by atoms with Crippen molar-refractivity contribution < 1.29 is 19.3 Å². The molecule has 3 heterocycles. The minimum atomic E-state index is -1.11. The lowest BCUT2D eigenvalue weighted by atomic mass is 9.90. The van der Waals surface area contributed by atoms with Gasteiger partial charge in [-0.1, -0.05) is 29.8 Å². The first kappa shape index (κ1) is 20.3. The molecule has 5 rings (SSSR count). The van der Waals surface area contributed by atoms with Crippen LogP contribution in [-0.2, 0) is 4.79 Å². The highest BCUT2D eigenvalue weighted by atomic mass is 35.5. The zero-order valence-corrected chi connectivity index (χ0v) is 18.1. The molecule has 3 aromatic rings. The second-order valence-electron chi connectivity index (χ2n) is 7.48. The van der Waals surface area contributed by atoms with E-state index >= 15 is 0 Å². The van der Waals surface area contributed by atoms with Crippen LogP contribution in [0.15, 0.2) is 53.9 Å². The third-order valence-electron chi connectivity index (χ3n) is 5.74. The molecule has 0 spiro atoms. The van der Waals surface area contributed by atoms with Gasteiger partial charge in [0.05, 0.1) is 10.5 Å². The molecule has 0 unspecified atom stereocenters. The Balaban J connectivity index is 1.59. The van der Waals surface area contributed by atoms with E-state index in [1.807, 2.05) is 24.4 Å². The zero-order valence-electron chi connectivity index (χ0n) is 16.5. The van der Waals surface area contributed by atoms with Crippen molar-refractivity contribution in [1.82, 2.24) is 4.90 Å². The number of halogens is 1. The SMILES string of the molecule is Cc1ccc(N2C(=O)[C@H](N3C(=O)c4cccc([N+](=O)[O-])c4C3=O)[C@@H]2c2cccs2)cc1Cl. The van der Waals surface area contributed by atoms with Crippen LogP contribution < -0.4 is 4.90 Å². The van der Waals surface area contributed by atoms with Crippen molar-refractivity contribution in [3.05, 3.63) is 90.6 Å². The Labute approximate surface area is 190 Å². The number of β-lactam (4-membered cyclic amide) rings is 1. The first-order chi connectivity index (χ1) is 15.3. The summed E-state index contributed by atoms with van der Waals surface area (Å²) in [5, 5.41) is 13.7. The van der Waals surface area contributed by atoms with Crippen molar-refractivity contribution in [2.75, 3.05) is 4.90 Å². The Morgan fingerprint density at radius 1 is 1.00 bits per heavy atom. The number of aryl methyl sites for hydroxylation is 1. The summed E-state index contributed by atoms with van der Waals surface area (Å²) in [6.45, 7) is 1.84. The second-order valence-corrected chi connectivity index (χ2v) is 8.87. The van der Waals surface area contributed by atoms with Crippen LogP contribution in [0.1, 0.15) is 37.2 Å². The van der Waals surface area contributed by atoms with Crippen LogP contribution in [0.3, 0.4) is 0 Å². The van der Waals surface area contributed by atoms with Crippen LogP contribution >= 0.6 is 22.9 Å². The first-order valence-electron chi connectivity index (χ1n) is 9.59. The third kappa shape index (κ3) is 2.78. The van der Waals surface area contributed by atoms with Gasteiger partial charge in [0.1, 0.15) is 17.6 Å². The van der Waals surface area contributed by atoms with E-state index in [0.717, 1.165) is 15.3 Å². The van der Waals surface area contributed by atoms with E-state index in [1.165, 1.54) is 34.4 Å². The topological polar surface area (TPSA) is 101 Å². The minimum Gasteiger partial charge on any atom is -0.300 e. The number of amides is 3. The molecule has 8 nitrogen and oxygen atoms in total. The predicted molar refractivity (Wildman–Crippen MR) is 118 cm³/mol. The van der Waals surface area contributed by atoms with Crippen molar-refractivity contribution in [3.63, 3.8) is 0 Å². The number of carbonyl (C=O) groups excluding carboxylic acids is 3. The van der Waals surface area contributed by atoms with Crippen LogP contribution in [0.4, 0.5) is 11.4 Å². The van der Waals surface area contributed by atoms with Gasteiger partial charge in [-0.3, -0.25) is 34.3 Å². The molecule has 0 aliphatic carbocycles. The van der Waals surface area contributed by atoms with E-state index in [4.69, 9.17) is 11.6 Å². The number of benzene rings is 2. The Morgan fingerprint density at radius 2 is 1.78 bits per heavy atom. The molecule has 0 N–H and O–H groups in total. The van der Waals surface area contributed by atoms with Crippen molar-refractivity contribution in [1.29, 1.82) is 0 Å². The maximum atomic E-state index is 13.3. The van der Waals surface area contributed by atoms with Gasteiger partial charge in [0.2, 0.25) is 0 Å². The van der Waals surface area contributed by atoms with E-state index in [0.29, 0.717) is 10.7 Å². The van der Waals surface area contributed by atoms with Gasteiger partial charge in [-0.2, -0.15) is 0 Å². The standard InChI is InChI=1S/C22H14ClN3O5S/c1-11-7-8-12(10-14(11)23)24-18(16-6-3-9-32-16)19(22(24)29)25-20(27)13-4-2-5-15(26(30)31)17(13)21(25)28/h2-10,18-19H,1H3/t18-,19+/m0/s1. The molecule has 2 aliphatic heterocycles. The Morgan fingerprint density at radius 3 is 2.44 bits per heavy atom. The Bertz CT molecular complexity index is 1320. The summed E-state index contributed by atoms with van der Waals surface area (Å²) in [4.78, 5) is 53.5. The van der Waals surface area contributed by atoms with Crippen LogP contribution in [0.5, 0.6) is 0 Å². The molecule has 2 atom stereocenters. The first-order valence-corrected chi connectivity index (χ1v) is 10.8.